The van der Waals surface area contributed by atoms with E-state index in [0.717, 1.165) is 5.69 Å². The molecule has 110 valence electrons. The van der Waals surface area contributed by atoms with Gasteiger partial charge in [0.15, 0.2) is 0 Å². The average molecular weight is 303 g/mol. The summed E-state index contributed by atoms with van der Waals surface area (Å²) in [7, 11) is 0. The van der Waals surface area contributed by atoms with Gasteiger partial charge in [-0.15, -0.1) is 0 Å². The van der Waals surface area contributed by atoms with Crippen LogP contribution >= 0.6 is 11.6 Å². The molecule has 2 aromatic rings. The van der Waals surface area contributed by atoms with Crippen molar-refractivity contribution in [2.75, 3.05) is 5.32 Å². The van der Waals surface area contributed by atoms with Crippen molar-refractivity contribution in [3.8, 4) is 0 Å². The predicted octanol–water partition coefficient (Wildman–Crippen LogP) is 4.23. The lowest BCUT2D eigenvalue weighted by molar-refractivity contribution is 0.100. The zero-order chi connectivity index (χ0) is 15.6. The number of hydrogen-bond acceptors (Lipinski definition) is 2. The zero-order valence-corrected chi connectivity index (χ0v) is 13.2. The molecule has 0 bridgehead atoms. The van der Waals surface area contributed by atoms with E-state index in [2.05, 4.69) is 44.3 Å². The van der Waals surface area contributed by atoms with E-state index < -0.39 is 5.91 Å². The van der Waals surface area contributed by atoms with Crippen LogP contribution in [0.4, 0.5) is 5.69 Å². The number of carbonyl (C=O) groups is 1. The summed E-state index contributed by atoms with van der Waals surface area (Å²) >= 11 is 5.96. The summed E-state index contributed by atoms with van der Waals surface area (Å²) in [6, 6.07) is 11.7. The van der Waals surface area contributed by atoms with E-state index >= 15 is 0 Å². The van der Waals surface area contributed by atoms with Gasteiger partial charge in [0.2, 0.25) is 5.91 Å². The topological polar surface area (TPSA) is 55.1 Å². The van der Waals surface area contributed by atoms with E-state index in [1.165, 1.54) is 16.7 Å². The molecule has 1 atom stereocenters. The Labute approximate surface area is 130 Å². The first-order chi connectivity index (χ1) is 9.88. The van der Waals surface area contributed by atoms with Crippen LogP contribution < -0.4 is 11.1 Å². The van der Waals surface area contributed by atoms with Crippen molar-refractivity contribution in [1.82, 2.24) is 0 Å². The standard InChI is InChI=1S/C17H19ClN2O/c1-10-4-5-11(2)14(8-10)12(3)20-13-6-7-16(18)15(9-13)17(19)21/h4-9,12,20H,1-3H3,(H2,19,21). The largest absolute Gasteiger partial charge is 0.378 e. The molecule has 3 nitrogen and oxygen atoms in total. The lowest BCUT2D eigenvalue weighted by Gasteiger charge is -2.19. The molecule has 0 aliphatic rings. The quantitative estimate of drug-likeness (QED) is 0.888. The fraction of sp³-hybridized carbons (Fsp3) is 0.235. The van der Waals surface area contributed by atoms with Gasteiger partial charge in [0, 0.05) is 11.7 Å². The molecule has 1 amide bonds. The fourth-order valence-electron chi connectivity index (χ4n) is 2.36. The van der Waals surface area contributed by atoms with Crippen molar-refractivity contribution in [1.29, 1.82) is 0 Å². The molecule has 0 aromatic heterocycles. The van der Waals surface area contributed by atoms with E-state index in [1.54, 1.807) is 12.1 Å². The molecule has 3 N–H and O–H groups in total. The summed E-state index contributed by atoms with van der Waals surface area (Å²) in [6.07, 6.45) is 0. The number of nitrogens with two attached hydrogens (primary N) is 1. The number of hydrogen-bond donors (Lipinski definition) is 2. The van der Waals surface area contributed by atoms with Crippen molar-refractivity contribution in [3.63, 3.8) is 0 Å². The molecule has 0 heterocycles. The minimum Gasteiger partial charge on any atom is -0.378 e. The van der Waals surface area contributed by atoms with Crippen molar-refractivity contribution >= 4 is 23.2 Å². The number of primary amides is 1. The third-order valence-corrected chi connectivity index (χ3v) is 3.85. The van der Waals surface area contributed by atoms with E-state index in [1.807, 2.05) is 6.07 Å². The lowest BCUT2D eigenvalue weighted by atomic mass is 9.99. The molecule has 21 heavy (non-hydrogen) atoms. The van der Waals surface area contributed by atoms with E-state index in [9.17, 15) is 4.79 Å². The van der Waals surface area contributed by atoms with Gasteiger partial charge in [-0.05, 0) is 50.1 Å². The van der Waals surface area contributed by atoms with Crippen LogP contribution in [0.5, 0.6) is 0 Å². The molecule has 0 radical (unpaired) electrons. The Bertz CT molecular complexity index is 682. The Morgan fingerprint density at radius 2 is 1.90 bits per heavy atom. The van der Waals surface area contributed by atoms with Crippen LogP contribution in [-0.2, 0) is 0 Å². The average Bonchev–Trinajstić information content (AvgIpc) is 2.43. The second kappa shape index (κ2) is 6.19. The summed E-state index contributed by atoms with van der Waals surface area (Å²) in [4.78, 5) is 11.3. The molecule has 0 fully saturated rings. The van der Waals surface area contributed by atoms with Gasteiger partial charge in [-0.2, -0.15) is 0 Å². The molecule has 1 unspecified atom stereocenters. The van der Waals surface area contributed by atoms with Crippen LogP contribution in [-0.4, -0.2) is 5.91 Å². The second-order valence-electron chi connectivity index (χ2n) is 5.28. The van der Waals surface area contributed by atoms with E-state index in [-0.39, 0.29) is 6.04 Å². The van der Waals surface area contributed by atoms with Gasteiger partial charge in [-0.3, -0.25) is 4.79 Å². The molecule has 0 aliphatic carbocycles. The summed E-state index contributed by atoms with van der Waals surface area (Å²) in [6.45, 7) is 6.24. The first-order valence-electron chi connectivity index (χ1n) is 6.81. The Balaban J connectivity index is 2.27. The number of nitrogens with one attached hydrogen (secondary N) is 1. The van der Waals surface area contributed by atoms with Gasteiger partial charge in [0.1, 0.15) is 0 Å². The summed E-state index contributed by atoms with van der Waals surface area (Å²) in [5, 5.41) is 3.75. The predicted molar refractivity (Wildman–Crippen MR) is 87.9 cm³/mol. The first-order valence-corrected chi connectivity index (χ1v) is 7.19. The molecule has 0 saturated carbocycles. The maximum atomic E-state index is 11.3. The Morgan fingerprint density at radius 3 is 2.57 bits per heavy atom. The lowest BCUT2D eigenvalue weighted by Crippen LogP contribution is -2.13. The number of carbonyl (C=O) groups excluding carboxylic acids is 1. The monoisotopic (exact) mass is 302 g/mol. The molecule has 0 spiro atoms. The highest BCUT2D eigenvalue weighted by atomic mass is 35.5. The first kappa shape index (κ1) is 15.4. The van der Waals surface area contributed by atoms with Gasteiger partial charge in [0.05, 0.1) is 10.6 Å². The maximum Gasteiger partial charge on any atom is 0.250 e. The summed E-state index contributed by atoms with van der Waals surface area (Å²) in [5.41, 5.74) is 10.1. The normalized spacial score (nSPS) is 12.0. The number of anilines is 1. The molecule has 4 heteroatoms. The van der Waals surface area contributed by atoms with Gasteiger partial charge >= 0.3 is 0 Å². The maximum absolute atomic E-state index is 11.3. The second-order valence-corrected chi connectivity index (χ2v) is 5.69. The van der Waals surface area contributed by atoms with Crippen LogP contribution in [0, 0.1) is 13.8 Å². The van der Waals surface area contributed by atoms with Gasteiger partial charge in [-0.25, -0.2) is 0 Å². The number of halogens is 1. The van der Waals surface area contributed by atoms with Gasteiger partial charge < -0.3 is 11.1 Å². The zero-order valence-electron chi connectivity index (χ0n) is 12.4. The van der Waals surface area contributed by atoms with Crippen molar-refractivity contribution < 1.29 is 4.79 Å². The number of benzene rings is 2. The third kappa shape index (κ3) is 3.56. The molecule has 2 aromatic carbocycles. The summed E-state index contributed by atoms with van der Waals surface area (Å²) in [5.74, 6) is -0.525. The smallest absolute Gasteiger partial charge is 0.250 e. The SMILES string of the molecule is Cc1ccc(C)c(C(C)Nc2ccc(Cl)c(C(N)=O)c2)c1. The Kier molecular flexibility index (Phi) is 4.53. The molecular formula is C17H19ClN2O. The van der Waals surface area contributed by atoms with E-state index in [4.69, 9.17) is 17.3 Å². The molecule has 2 rings (SSSR count). The summed E-state index contributed by atoms with van der Waals surface area (Å²) < 4.78 is 0. The minimum atomic E-state index is -0.525. The minimum absolute atomic E-state index is 0.117. The van der Waals surface area contributed by atoms with Gasteiger partial charge in [-0.1, -0.05) is 35.4 Å². The number of amides is 1. The van der Waals surface area contributed by atoms with E-state index in [0.29, 0.717) is 10.6 Å². The third-order valence-electron chi connectivity index (χ3n) is 3.52. The van der Waals surface area contributed by atoms with Gasteiger partial charge in [0.25, 0.3) is 0 Å². The van der Waals surface area contributed by atoms with Crippen molar-refractivity contribution in [2.45, 2.75) is 26.8 Å². The Morgan fingerprint density at radius 1 is 1.19 bits per heavy atom. The van der Waals surface area contributed by atoms with Crippen LogP contribution in [0.25, 0.3) is 0 Å². The molecule has 0 aliphatic heterocycles. The van der Waals surface area contributed by atoms with Crippen LogP contribution in [0.1, 0.15) is 40.0 Å². The number of rotatable bonds is 4. The highest BCUT2D eigenvalue weighted by Crippen LogP contribution is 2.26. The number of aryl methyl sites for hydroxylation is 2. The van der Waals surface area contributed by atoms with Crippen LogP contribution in [0.2, 0.25) is 5.02 Å². The van der Waals surface area contributed by atoms with Crippen LogP contribution in [0.15, 0.2) is 36.4 Å². The Hall–Kier alpha value is -2.00. The van der Waals surface area contributed by atoms with Crippen LogP contribution in [0.3, 0.4) is 0 Å². The fourth-order valence-corrected chi connectivity index (χ4v) is 2.57. The highest BCUT2D eigenvalue weighted by molar-refractivity contribution is 6.33. The molecule has 0 saturated heterocycles. The molecular weight excluding hydrogens is 284 g/mol. The van der Waals surface area contributed by atoms with Crippen molar-refractivity contribution in [2.24, 2.45) is 5.73 Å². The van der Waals surface area contributed by atoms with Crippen molar-refractivity contribution in [3.05, 3.63) is 63.7 Å². The highest BCUT2D eigenvalue weighted by Gasteiger charge is 2.11.